The molecule has 0 radical (unpaired) electrons. The molecule has 2 aromatic heterocycles. The van der Waals surface area contributed by atoms with Gasteiger partial charge in [0.2, 0.25) is 0 Å². The zero-order valence-corrected chi connectivity index (χ0v) is 12.6. The molecule has 0 bridgehead atoms. The molecule has 1 amide bonds. The molecule has 2 N–H and O–H groups in total. The summed E-state index contributed by atoms with van der Waals surface area (Å²) in [6.45, 7) is 1.94. The Morgan fingerprint density at radius 2 is 2.18 bits per heavy atom. The highest BCUT2D eigenvalue weighted by atomic mass is 35.5. The first-order valence-electron chi connectivity index (χ1n) is 6.85. The summed E-state index contributed by atoms with van der Waals surface area (Å²) in [5, 5.41) is 12.8. The van der Waals surface area contributed by atoms with Gasteiger partial charge in [-0.1, -0.05) is 24.6 Å². The second-order valence-corrected chi connectivity index (χ2v) is 5.27. The van der Waals surface area contributed by atoms with Crippen LogP contribution in [0.1, 0.15) is 23.1 Å². The average molecular weight is 316 g/mol. The molecular weight excluding hydrogens is 302 g/mol. The highest BCUT2D eigenvalue weighted by Gasteiger charge is 2.18. The molecule has 0 fully saturated rings. The highest BCUT2D eigenvalue weighted by molar-refractivity contribution is 6.30. The lowest BCUT2D eigenvalue weighted by molar-refractivity contribution is 0.102. The molecule has 6 heteroatoms. The van der Waals surface area contributed by atoms with Gasteiger partial charge in [-0.15, -0.1) is 0 Å². The van der Waals surface area contributed by atoms with Crippen LogP contribution >= 0.6 is 11.6 Å². The normalized spacial score (nSPS) is 10.8. The van der Waals surface area contributed by atoms with E-state index in [2.05, 4.69) is 10.3 Å². The van der Waals surface area contributed by atoms with E-state index in [9.17, 15) is 9.90 Å². The standard InChI is InChI=1S/C16H14ClN3O2/c1-2-13-15(20-7-6-10(17)8-14(20)19-13)16(22)18-11-4-3-5-12(21)9-11/h3-9,21H,2H2,1H3,(H,18,22). The number of aromatic hydroxyl groups is 1. The van der Waals surface area contributed by atoms with Gasteiger partial charge in [-0.05, 0) is 24.6 Å². The number of hydrogen-bond donors (Lipinski definition) is 2. The first-order valence-corrected chi connectivity index (χ1v) is 7.23. The number of anilines is 1. The lowest BCUT2D eigenvalue weighted by atomic mass is 10.2. The fourth-order valence-corrected chi connectivity index (χ4v) is 2.48. The van der Waals surface area contributed by atoms with E-state index in [1.54, 1.807) is 40.9 Å². The predicted molar refractivity (Wildman–Crippen MR) is 85.6 cm³/mol. The number of aryl methyl sites for hydroxylation is 1. The molecule has 5 nitrogen and oxygen atoms in total. The number of carbonyl (C=O) groups excluding carboxylic acids is 1. The number of hydrogen-bond acceptors (Lipinski definition) is 3. The summed E-state index contributed by atoms with van der Waals surface area (Å²) in [6.07, 6.45) is 2.35. The topological polar surface area (TPSA) is 66.6 Å². The number of pyridine rings is 1. The number of nitrogens with zero attached hydrogens (tertiary/aromatic N) is 2. The number of phenolic OH excluding ortho intramolecular Hbond substituents is 1. The van der Waals surface area contributed by atoms with E-state index in [0.717, 1.165) is 0 Å². The molecule has 0 spiro atoms. The van der Waals surface area contributed by atoms with Gasteiger partial charge < -0.3 is 10.4 Å². The summed E-state index contributed by atoms with van der Waals surface area (Å²) < 4.78 is 1.71. The lowest BCUT2D eigenvalue weighted by Crippen LogP contribution is -2.16. The molecule has 112 valence electrons. The molecule has 0 saturated heterocycles. The minimum Gasteiger partial charge on any atom is -0.508 e. The van der Waals surface area contributed by atoms with E-state index >= 15 is 0 Å². The fraction of sp³-hybridized carbons (Fsp3) is 0.125. The Morgan fingerprint density at radius 3 is 2.91 bits per heavy atom. The number of phenols is 1. The molecular formula is C16H14ClN3O2. The number of imidazole rings is 1. The van der Waals surface area contributed by atoms with Crippen LogP contribution in [0, 0.1) is 0 Å². The van der Waals surface area contributed by atoms with Crippen molar-refractivity contribution in [2.75, 3.05) is 5.32 Å². The number of nitrogens with one attached hydrogen (secondary N) is 1. The maximum absolute atomic E-state index is 12.6. The van der Waals surface area contributed by atoms with Gasteiger partial charge in [-0.25, -0.2) is 4.98 Å². The number of carbonyl (C=O) groups is 1. The first-order chi connectivity index (χ1) is 10.6. The number of rotatable bonds is 3. The second kappa shape index (κ2) is 5.69. The van der Waals surface area contributed by atoms with E-state index in [1.807, 2.05) is 6.92 Å². The Labute approximate surface area is 132 Å². The van der Waals surface area contributed by atoms with E-state index in [0.29, 0.717) is 34.2 Å². The van der Waals surface area contributed by atoms with Crippen molar-refractivity contribution < 1.29 is 9.90 Å². The van der Waals surface area contributed by atoms with Crippen LogP contribution in [0.15, 0.2) is 42.6 Å². The van der Waals surface area contributed by atoms with Crippen LogP contribution in [-0.4, -0.2) is 20.4 Å². The number of halogens is 1. The summed E-state index contributed by atoms with van der Waals surface area (Å²) in [4.78, 5) is 17.0. The predicted octanol–water partition coefficient (Wildman–Crippen LogP) is 3.51. The monoisotopic (exact) mass is 315 g/mol. The third-order valence-electron chi connectivity index (χ3n) is 3.31. The Kier molecular flexibility index (Phi) is 3.73. The molecule has 3 rings (SSSR count). The van der Waals surface area contributed by atoms with E-state index in [-0.39, 0.29) is 11.7 Å². The van der Waals surface area contributed by atoms with Crippen molar-refractivity contribution in [2.45, 2.75) is 13.3 Å². The molecule has 22 heavy (non-hydrogen) atoms. The third-order valence-corrected chi connectivity index (χ3v) is 3.55. The van der Waals surface area contributed by atoms with Crippen molar-refractivity contribution in [3.05, 3.63) is 59.0 Å². The molecule has 1 aromatic carbocycles. The molecule has 0 aliphatic rings. The summed E-state index contributed by atoms with van der Waals surface area (Å²) >= 11 is 5.97. The van der Waals surface area contributed by atoms with Crippen molar-refractivity contribution in [3.63, 3.8) is 0 Å². The Balaban J connectivity index is 2.03. The average Bonchev–Trinajstić information content (AvgIpc) is 2.84. The Morgan fingerprint density at radius 1 is 1.36 bits per heavy atom. The number of benzene rings is 1. The van der Waals surface area contributed by atoms with Crippen LogP contribution in [0.3, 0.4) is 0 Å². The van der Waals surface area contributed by atoms with Gasteiger partial charge in [0.05, 0.1) is 5.69 Å². The SMILES string of the molecule is CCc1nc2cc(Cl)ccn2c1C(=O)Nc1cccc(O)c1. The highest BCUT2D eigenvalue weighted by Crippen LogP contribution is 2.20. The zero-order chi connectivity index (χ0) is 15.7. The number of amides is 1. The second-order valence-electron chi connectivity index (χ2n) is 4.84. The molecule has 3 aromatic rings. The molecule has 0 aliphatic heterocycles. The van der Waals surface area contributed by atoms with Gasteiger partial charge in [0.1, 0.15) is 17.1 Å². The van der Waals surface area contributed by atoms with Gasteiger partial charge in [0.25, 0.3) is 5.91 Å². The van der Waals surface area contributed by atoms with E-state index in [1.165, 1.54) is 6.07 Å². The summed E-state index contributed by atoms with van der Waals surface area (Å²) in [5.41, 5.74) is 2.32. The zero-order valence-electron chi connectivity index (χ0n) is 11.9. The van der Waals surface area contributed by atoms with Crippen LogP contribution in [0.2, 0.25) is 5.02 Å². The quantitative estimate of drug-likeness (QED) is 0.777. The van der Waals surface area contributed by atoms with Gasteiger partial charge in [0.15, 0.2) is 0 Å². The maximum atomic E-state index is 12.6. The minimum absolute atomic E-state index is 0.0958. The van der Waals surface area contributed by atoms with Crippen LogP contribution in [0.25, 0.3) is 5.65 Å². The molecule has 0 saturated carbocycles. The van der Waals surface area contributed by atoms with Crippen molar-refractivity contribution in [1.29, 1.82) is 0 Å². The van der Waals surface area contributed by atoms with Crippen molar-refractivity contribution >= 4 is 28.8 Å². The van der Waals surface area contributed by atoms with Gasteiger partial charge in [0, 0.05) is 29.0 Å². The van der Waals surface area contributed by atoms with Gasteiger partial charge >= 0.3 is 0 Å². The minimum atomic E-state index is -0.280. The van der Waals surface area contributed by atoms with Gasteiger partial charge in [-0.3, -0.25) is 9.20 Å². The molecule has 0 aliphatic carbocycles. The molecule has 0 atom stereocenters. The number of fused-ring (bicyclic) bond motifs is 1. The largest absolute Gasteiger partial charge is 0.508 e. The van der Waals surface area contributed by atoms with Crippen LogP contribution in [0.4, 0.5) is 5.69 Å². The van der Waals surface area contributed by atoms with E-state index < -0.39 is 0 Å². The lowest BCUT2D eigenvalue weighted by Gasteiger charge is -2.07. The fourth-order valence-electron chi connectivity index (χ4n) is 2.33. The van der Waals surface area contributed by atoms with Crippen LogP contribution < -0.4 is 5.32 Å². The van der Waals surface area contributed by atoms with Gasteiger partial charge in [-0.2, -0.15) is 0 Å². The van der Waals surface area contributed by atoms with Crippen LogP contribution in [-0.2, 0) is 6.42 Å². The Bertz CT molecular complexity index is 858. The van der Waals surface area contributed by atoms with E-state index in [4.69, 9.17) is 11.6 Å². The summed E-state index contributed by atoms with van der Waals surface area (Å²) in [6, 6.07) is 9.84. The number of aromatic nitrogens is 2. The van der Waals surface area contributed by atoms with Crippen LogP contribution in [0.5, 0.6) is 5.75 Å². The summed E-state index contributed by atoms with van der Waals surface area (Å²) in [5.74, 6) is -0.185. The van der Waals surface area contributed by atoms with Crippen molar-refractivity contribution in [2.24, 2.45) is 0 Å². The van der Waals surface area contributed by atoms with Crippen molar-refractivity contribution in [1.82, 2.24) is 9.38 Å². The smallest absolute Gasteiger partial charge is 0.274 e. The molecule has 0 unspecified atom stereocenters. The molecule has 2 heterocycles. The first kappa shape index (κ1) is 14.4. The maximum Gasteiger partial charge on any atom is 0.274 e. The summed E-state index contributed by atoms with van der Waals surface area (Å²) in [7, 11) is 0. The Hall–Kier alpha value is -2.53. The van der Waals surface area contributed by atoms with Crippen molar-refractivity contribution in [3.8, 4) is 5.75 Å². The third kappa shape index (κ3) is 2.63.